The molecule has 2 aliphatic heterocycles. The predicted octanol–water partition coefficient (Wildman–Crippen LogP) is 6.36. The van der Waals surface area contributed by atoms with Gasteiger partial charge in [0.2, 0.25) is 5.84 Å². The summed E-state index contributed by atoms with van der Waals surface area (Å²) < 4.78 is 9.06. The Kier molecular flexibility index (Phi) is 6.11. The smallest absolute Gasteiger partial charge is 0.247 e. The van der Waals surface area contributed by atoms with E-state index in [0.717, 1.165) is 31.7 Å². The standard InChI is InChI=1S/C28H35N2O/c1-2-3-20-31-28-24-14-8-6-12-22(24)26(23-13-7-9-15-25(23)28)21-30-19-11-18-29-17-10-4-5-16-27(29)30/h6-9,12-15H,2-5,10-11,16-21H2,1H3/q+1. The first-order chi connectivity index (χ1) is 15.4. The summed E-state index contributed by atoms with van der Waals surface area (Å²) in [5.74, 6) is 2.64. The molecule has 31 heavy (non-hydrogen) atoms. The maximum absolute atomic E-state index is 6.39. The van der Waals surface area contributed by atoms with Gasteiger partial charge < -0.3 is 4.74 Å². The SMILES string of the molecule is CCCCOc1c2ccccc2c(CN2CCC[N+]3=C2CCCCC3)c2ccccc12. The molecule has 0 fully saturated rings. The molecule has 162 valence electrons. The number of benzene rings is 3. The van der Waals surface area contributed by atoms with Gasteiger partial charge in [-0.1, -0.05) is 61.9 Å². The Morgan fingerprint density at radius 3 is 2.23 bits per heavy atom. The number of rotatable bonds is 6. The molecule has 0 saturated carbocycles. The number of hydrogen-bond donors (Lipinski definition) is 0. The Bertz CT molecular complexity index is 1040. The predicted molar refractivity (Wildman–Crippen MR) is 130 cm³/mol. The molecule has 0 spiro atoms. The van der Waals surface area contributed by atoms with E-state index in [0.29, 0.717) is 0 Å². The molecule has 0 aromatic heterocycles. The van der Waals surface area contributed by atoms with Crippen LogP contribution in [0.15, 0.2) is 48.5 Å². The molecule has 0 amide bonds. The van der Waals surface area contributed by atoms with Crippen LogP contribution in [0.25, 0.3) is 21.5 Å². The second-order valence-corrected chi connectivity index (χ2v) is 9.09. The van der Waals surface area contributed by atoms with Crippen LogP contribution in [-0.4, -0.2) is 41.6 Å². The molecular weight excluding hydrogens is 380 g/mol. The van der Waals surface area contributed by atoms with Crippen molar-refractivity contribution in [2.45, 2.75) is 58.4 Å². The van der Waals surface area contributed by atoms with Crippen LogP contribution in [0.3, 0.4) is 0 Å². The van der Waals surface area contributed by atoms with E-state index in [-0.39, 0.29) is 0 Å². The molecular formula is C28H35N2O+. The minimum Gasteiger partial charge on any atom is -0.492 e. The maximum Gasteiger partial charge on any atom is 0.247 e. The van der Waals surface area contributed by atoms with Gasteiger partial charge in [-0.2, -0.15) is 0 Å². The number of amidine groups is 1. The van der Waals surface area contributed by atoms with Gasteiger partial charge in [0, 0.05) is 29.2 Å². The Labute approximate surface area is 186 Å². The van der Waals surface area contributed by atoms with Crippen molar-refractivity contribution < 1.29 is 9.31 Å². The summed E-state index contributed by atoms with van der Waals surface area (Å²) in [5, 5.41) is 5.21. The summed E-state index contributed by atoms with van der Waals surface area (Å²) in [6, 6.07) is 17.7. The largest absolute Gasteiger partial charge is 0.492 e. The third-order valence-corrected chi connectivity index (χ3v) is 7.00. The molecule has 5 rings (SSSR count). The molecule has 0 atom stereocenters. The number of unbranched alkanes of at least 4 members (excludes halogenated alkanes) is 1. The van der Waals surface area contributed by atoms with Gasteiger partial charge in [-0.05, 0) is 36.5 Å². The molecule has 0 saturated heterocycles. The zero-order valence-corrected chi connectivity index (χ0v) is 18.9. The fourth-order valence-electron chi connectivity index (χ4n) is 5.41. The van der Waals surface area contributed by atoms with Gasteiger partial charge in [0.05, 0.1) is 26.2 Å². The van der Waals surface area contributed by atoms with Crippen LogP contribution in [0.1, 0.15) is 57.4 Å². The van der Waals surface area contributed by atoms with Crippen LogP contribution in [0.4, 0.5) is 0 Å². The summed E-state index contributed by atoms with van der Waals surface area (Å²) in [6.07, 6.45) is 8.76. The van der Waals surface area contributed by atoms with Gasteiger partial charge in [0.25, 0.3) is 0 Å². The van der Waals surface area contributed by atoms with E-state index in [1.165, 1.54) is 78.8 Å². The fraction of sp³-hybridized carbons (Fsp3) is 0.464. The molecule has 2 heterocycles. The highest BCUT2D eigenvalue weighted by Crippen LogP contribution is 2.39. The van der Waals surface area contributed by atoms with E-state index >= 15 is 0 Å². The van der Waals surface area contributed by atoms with Gasteiger partial charge in [0.15, 0.2) is 0 Å². The summed E-state index contributed by atoms with van der Waals surface area (Å²) >= 11 is 0. The Balaban J connectivity index is 1.62. The number of ether oxygens (including phenoxy) is 1. The molecule has 3 nitrogen and oxygen atoms in total. The highest BCUT2D eigenvalue weighted by molar-refractivity contribution is 6.08. The van der Waals surface area contributed by atoms with Crippen molar-refractivity contribution in [1.82, 2.24) is 4.90 Å². The van der Waals surface area contributed by atoms with Crippen molar-refractivity contribution in [3.05, 3.63) is 54.1 Å². The first-order valence-corrected chi connectivity index (χ1v) is 12.3. The van der Waals surface area contributed by atoms with Gasteiger partial charge in [-0.15, -0.1) is 0 Å². The first kappa shape index (κ1) is 20.4. The summed E-state index contributed by atoms with van der Waals surface area (Å²) in [6.45, 7) is 7.62. The second-order valence-electron chi connectivity index (χ2n) is 9.09. The molecule has 0 bridgehead atoms. The molecule has 0 aliphatic carbocycles. The van der Waals surface area contributed by atoms with E-state index in [1.54, 1.807) is 5.84 Å². The van der Waals surface area contributed by atoms with E-state index in [1.807, 2.05) is 0 Å². The molecule has 3 aromatic carbocycles. The Morgan fingerprint density at radius 2 is 1.52 bits per heavy atom. The maximum atomic E-state index is 6.39. The lowest BCUT2D eigenvalue weighted by Gasteiger charge is -2.27. The summed E-state index contributed by atoms with van der Waals surface area (Å²) in [4.78, 5) is 2.68. The van der Waals surface area contributed by atoms with Crippen LogP contribution < -0.4 is 4.74 Å². The third-order valence-electron chi connectivity index (χ3n) is 7.00. The summed E-state index contributed by atoms with van der Waals surface area (Å²) in [7, 11) is 0. The zero-order valence-electron chi connectivity index (χ0n) is 18.9. The van der Waals surface area contributed by atoms with Crippen molar-refractivity contribution in [2.24, 2.45) is 0 Å². The average molecular weight is 416 g/mol. The molecule has 0 unspecified atom stereocenters. The minimum absolute atomic E-state index is 0.781. The molecule has 0 N–H and O–H groups in total. The molecule has 0 radical (unpaired) electrons. The van der Waals surface area contributed by atoms with Crippen LogP contribution in [0.5, 0.6) is 5.75 Å². The van der Waals surface area contributed by atoms with Gasteiger partial charge >= 0.3 is 0 Å². The normalized spacial score (nSPS) is 17.1. The lowest BCUT2D eigenvalue weighted by atomic mass is 9.95. The Morgan fingerprint density at radius 1 is 0.839 bits per heavy atom. The van der Waals surface area contributed by atoms with E-state index in [2.05, 4.69) is 64.9 Å². The van der Waals surface area contributed by atoms with E-state index in [4.69, 9.17) is 4.74 Å². The van der Waals surface area contributed by atoms with Crippen LogP contribution in [-0.2, 0) is 6.54 Å². The van der Waals surface area contributed by atoms with Gasteiger partial charge in [-0.25, -0.2) is 0 Å². The molecule has 2 aliphatic rings. The van der Waals surface area contributed by atoms with Crippen molar-refractivity contribution in [1.29, 1.82) is 0 Å². The molecule has 3 heteroatoms. The van der Waals surface area contributed by atoms with Crippen LogP contribution in [0.2, 0.25) is 0 Å². The van der Waals surface area contributed by atoms with E-state index in [9.17, 15) is 0 Å². The number of nitrogens with zero attached hydrogens (tertiary/aromatic N) is 2. The van der Waals surface area contributed by atoms with Crippen molar-refractivity contribution >= 4 is 27.4 Å². The highest BCUT2D eigenvalue weighted by atomic mass is 16.5. The minimum atomic E-state index is 0.781. The summed E-state index contributed by atoms with van der Waals surface area (Å²) in [5.41, 5.74) is 1.45. The quantitative estimate of drug-likeness (QED) is 0.264. The monoisotopic (exact) mass is 415 g/mol. The lowest BCUT2D eigenvalue weighted by molar-refractivity contribution is -0.539. The van der Waals surface area contributed by atoms with Crippen LogP contribution in [0, 0.1) is 0 Å². The van der Waals surface area contributed by atoms with Gasteiger partial charge in [-0.3, -0.25) is 9.48 Å². The van der Waals surface area contributed by atoms with Crippen molar-refractivity contribution in [3.8, 4) is 5.75 Å². The third kappa shape index (κ3) is 4.03. The topological polar surface area (TPSA) is 15.5 Å². The lowest BCUT2D eigenvalue weighted by Crippen LogP contribution is -2.43. The fourth-order valence-corrected chi connectivity index (χ4v) is 5.41. The first-order valence-electron chi connectivity index (χ1n) is 12.3. The van der Waals surface area contributed by atoms with Crippen molar-refractivity contribution in [2.75, 3.05) is 26.2 Å². The Hall–Kier alpha value is -2.55. The van der Waals surface area contributed by atoms with Gasteiger partial charge in [0.1, 0.15) is 12.3 Å². The molecule has 3 aromatic rings. The average Bonchev–Trinajstić information content (AvgIpc) is 3.07. The van der Waals surface area contributed by atoms with E-state index < -0.39 is 0 Å². The number of fused-ring (bicyclic) bond motifs is 2. The zero-order chi connectivity index (χ0) is 21.0. The number of hydrogen-bond acceptors (Lipinski definition) is 2. The van der Waals surface area contributed by atoms with Crippen LogP contribution >= 0.6 is 0 Å². The van der Waals surface area contributed by atoms with Crippen molar-refractivity contribution in [3.63, 3.8) is 0 Å². The second kappa shape index (κ2) is 9.30. The highest BCUT2D eigenvalue weighted by Gasteiger charge is 2.29.